The van der Waals surface area contributed by atoms with Gasteiger partial charge in [0.1, 0.15) is 37.1 Å². The summed E-state index contributed by atoms with van der Waals surface area (Å²) in [6.45, 7) is -0.918. The molecule has 0 heterocycles. The third kappa shape index (κ3) is 24.3. The van der Waals surface area contributed by atoms with Crippen LogP contribution < -0.4 is 0 Å². The number of carbonyl (C=O) groups is 1. The minimum Gasteiger partial charge on any atom is -0.463 e. The van der Waals surface area contributed by atoms with Crippen LogP contribution in [0.2, 0.25) is 0 Å². The number of aliphatic hydroxyl groups is 6. The van der Waals surface area contributed by atoms with Gasteiger partial charge in [-0.05, 0) is 32.1 Å². The zero-order valence-electron chi connectivity index (χ0n) is 26.7. The van der Waals surface area contributed by atoms with Crippen LogP contribution in [0, 0.1) is 0 Å². The molecule has 0 aromatic rings. The summed E-state index contributed by atoms with van der Waals surface area (Å²) in [6, 6.07) is 0. The van der Waals surface area contributed by atoms with Crippen molar-refractivity contribution in [3.63, 3.8) is 0 Å². The number of hydrogen-bond acceptors (Lipinski definition) is 11. The van der Waals surface area contributed by atoms with Gasteiger partial charge in [-0.2, -0.15) is 0 Å². The third-order valence-electron chi connectivity index (χ3n) is 7.27. The molecule has 0 aliphatic rings. The number of phosphoric ester groups is 1. The molecule has 0 aromatic heterocycles. The largest absolute Gasteiger partial charge is 0.472 e. The average molecular weight is 657 g/mol. The SMILES string of the molecule is CCCCCCCCC/C=C\CCCCCCCCCCC(=O)OC[C@@H](O)COP(=O)(O)O[C@H](CO)[C@@H](O)[C@H](O)[C@H](O)CO. The van der Waals surface area contributed by atoms with E-state index in [0.717, 1.165) is 25.7 Å². The first-order valence-corrected chi connectivity index (χ1v) is 18.0. The van der Waals surface area contributed by atoms with Crippen molar-refractivity contribution in [2.45, 2.75) is 153 Å². The molecule has 12 nitrogen and oxygen atoms in total. The van der Waals surface area contributed by atoms with Gasteiger partial charge in [-0.1, -0.05) is 96.1 Å². The third-order valence-corrected chi connectivity index (χ3v) is 8.28. The maximum absolute atomic E-state index is 12.1. The number of esters is 1. The van der Waals surface area contributed by atoms with E-state index in [1.807, 2.05) is 0 Å². The summed E-state index contributed by atoms with van der Waals surface area (Å²) in [4.78, 5) is 21.7. The number of unbranched alkanes of at least 4 members (excludes halogenated alkanes) is 15. The Balaban J connectivity index is 3.79. The normalized spacial score (nSPS) is 16.8. The quantitative estimate of drug-likeness (QED) is 0.0244. The molecule has 0 bridgehead atoms. The average Bonchev–Trinajstić information content (AvgIpc) is 3.01. The van der Waals surface area contributed by atoms with Crippen LogP contribution in [-0.4, -0.2) is 98.4 Å². The predicted molar refractivity (Wildman–Crippen MR) is 168 cm³/mol. The topological polar surface area (TPSA) is 203 Å². The van der Waals surface area contributed by atoms with E-state index < -0.39 is 70.7 Å². The number of rotatable bonds is 31. The van der Waals surface area contributed by atoms with E-state index in [1.54, 1.807) is 0 Å². The minimum absolute atomic E-state index is 0.193. The van der Waals surface area contributed by atoms with Crippen molar-refractivity contribution in [1.29, 1.82) is 0 Å². The number of ether oxygens (including phenoxy) is 1. The van der Waals surface area contributed by atoms with E-state index in [1.165, 1.54) is 77.0 Å². The minimum atomic E-state index is -4.93. The second-order valence-electron chi connectivity index (χ2n) is 11.4. The van der Waals surface area contributed by atoms with E-state index >= 15 is 0 Å². The summed E-state index contributed by atoms with van der Waals surface area (Å²) < 4.78 is 26.2. The standard InChI is InChI=1S/C31H61O12P/c1-2-3-4-5-6-7-8-9-10-11-12-13-14-15-16-17-18-19-20-21-29(36)41-24-26(34)25-42-44(39,40)43-28(23-33)31(38)30(37)27(35)22-32/h10-11,26-28,30-35,37-38H,2-9,12-25H2,1H3,(H,39,40)/b11-10-/t26-,27-,28-,30-,31-/m1/s1. The van der Waals surface area contributed by atoms with Gasteiger partial charge in [0.2, 0.25) is 0 Å². The van der Waals surface area contributed by atoms with Crippen molar-refractivity contribution in [2.75, 3.05) is 26.4 Å². The number of aliphatic hydroxyl groups excluding tert-OH is 6. The summed E-state index contributed by atoms with van der Waals surface area (Å²) in [6.07, 6.45) is 16.2. The highest BCUT2D eigenvalue weighted by atomic mass is 31.2. The predicted octanol–water partition coefficient (Wildman–Crippen LogP) is 4.06. The molecule has 0 fully saturated rings. The molecule has 0 aliphatic heterocycles. The van der Waals surface area contributed by atoms with Gasteiger partial charge in [0.15, 0.2) is 0 Å². The Morgan fingerprint density at radius 3 is 1.70 bits per heavy atom. The fourth-order valence-electron chi connectivity index (χ4n) is 4.50. The van der Waals surface area contributed by atoms with Gasteiger partial charge in [0.25, 0.3) is 0 Å². The highest BCUT2D eigenvalue weighted by molar-refractivity contribution is 7.47. The fraction of sp³-hybridized carbons (Fsp3) is 0.903. The van der Waals surface area contributed by atoms with Crippen molar-refractivity contribution >= 4 is 13.8 Å². The van der Waals surface area contributed by atoms with Crippen LogP contribution >= 0.6 is 7.82 Å². The molecule has 7 N–H and O–H groups in total. The van der Waals surface area contributed by atoms with Crippen molar-refractivity contribution in [2.24, 2.45) is 0 Å². The summed E-state index contributed by atoms with van der Waals surface area (Å²) in [5, 5.41) is 56.9. The molecule has 262 valence electrons. The molecular formula is C31H61O12P. The van der Waals surface area contributed by atoms with Crippen LogP contribution in [0.4, 0.5) is 0 Å². The highest BCUT2D eigenvalue weighted by Crippen LogP contribution is 2.45. The molecule has 0 spiro atoms. The Bertz CT molecular complexity index is 753. The Kier molecular flexibility index (Phi) is 27.7. The Morgan fingerprint density at radius 2 is 1.20 bits per heavy atom. The molecule has 0 aromatic carbocycles. The van der Waals surface area contributed by atoms with E-state index in [4.69, 9.17) is 9.84 Å². The lowest BCUT2D eigenvalue weighted by Crippen LogP contribution is -2.47. The molecule has 0 amide bonds. The summed E-state index contributed by atoms with van der Waals surface area (Å²) >= 11 is 0. The summed E-state index contributed by atoms with van der Waals surface area (Å²) in [5.41, 5.74) is 0. The molecular weight excluding hydrogens is 595 g/mol. The molecule has 0 radical (unpaired) electrons. The number of hydrogen-bond donors (Lipinski definition) is 7. The van der Waals surface area contributed by atoms with Crippen LogP contribution in [0.5, 0.6) is 0 Å². The van der Waals surface area contributed by atoms with Crippen LogP contribution in [0.3, 0.4) is 0 Å². The number of carbonyl (C=O) groups excluding carboxylic acids is 1. The molecule has 0 aliphatic carbocycles. The van der Waals surface area contributed by atoms with Gasteiger partial charge in [-0.15, -0.1) is 0 Å². The second-order valence-corrected chi connectivity index (χ2v) is 12.8. The van der Waals surface area contributed by atoms with Crippen molar-refractivity contribution in [3.8, 4) is 0 Å². The Morgan fingerprint density at radius 1 is 0.705 bits per heavy atom. The van der Waals surface area contributed by atoms with Crippen molar-refractivity contribution < 1.29 is 58.7 Å². The summed E-state index contributed by atoms with van der Waals surface area (Å²) in [5.74, 6) is -0.507. The first kappa shape index (κ1) is 43.1. The molecule has 0 saturated heterocycles. The lowest BCUT2D eigenvalue weighted by molar-refractivity contribution is -0.147. The first-order chi connectivity index (χ1) is 21.1. The Labute approximate surface area is 264 Å². The fourth-order valence-corrected chi connectivity index (χ4v) is 5.45. The van der Waals surface area contributed by atoms with Crippen molar-refractivity contribution in [3.05, 3.63) is 12.2 Å². The monoisotopic (exact) mass is 656 g/mol. The first-order valence-electron chi connectivity index (χ1n) is 16.5. The molecule has 1 unspecified atom stereocenters. The zero-order valence-corrected chi connectivity index (χ0v) is 27.6. The smallest absolute Gasteiger partial charge is 0.463 e. The van der Waals surface area contributed by atoms with Crippen LogP contribution in [0.25, 0.3) is 0 Å². The van der Waals surface area contributed by atoms with Gasteiger partial charge in [-0.25, -0.2) is 4.57 Å². The van der Waals surface area contributed by atoms with E-state index in [2.05, 4.69) is 28.1 Å². The Hall–Kier alpha value is -0.920. The van der Waals surface area contributed by atoms with Gasteiger partial charge < -0.3 is 40.3 Å². The maximum atomic E-state index is 12.1. The lowest BCUT2D eigenvalue weighted by atomic mass is 10.0. The summed E-state index contributed by atoms with van der Waals surface area (Å²) in [7, 11) is -4.93. The van der Waals surface area contributed by atoms with Crippen LogP contribution in [0.1, 0.15) is 122 Å². The van der Waals surface area contributed by atoms with Gasteiger partial charge in [0, 0.05) is 6.42 Å². The maximum Gasteiger partial charge on any atom is 0.472 e. The number of phosphoric acid groups is 1. The van der Waals surface area contributed by atoms with Crippen LogP contribution in [-0.2, 0) is 23.1 Å². The second kappa shape index (κ2) is 28.3. The number of allylic oxidation sites excluding steroid dienone is 2. The van der Waals surface area contributed by atoms with E-state index in [-0.39, 0.29) is 6.42 Å². The zero-order chi connectivity index (χ0) is 33.1. The van der Waals surface area contributed by atoms with Gasteiger partial charge >= 0.3 is 13.8 Å². The van der Waals surface area contributed by atoms with Gasteiger partial charge in [-0.3, -0.25) is 13.8 Å². The van der Waals surface area contributed by atoms with Crippen LogP contribution in [0.15, 0.2) is 12.2 Å². The lowest BCUT2D eigenvalue weighted by Gasteiger charge is -2.28. The van der Waals surface area contributed by atoms with E-state index in [9.17, 15) is 39.8 Å². The molecule has 6 atom stereocenters. The van der Waals surface area contributed by atoms with Crippen molar-refractivity contribution in [1.82, 2.24) is 0 Å². The highest BCUT2D eigenvalue weighted by Gasteiger charge is 2.37. The molecule has 0 saturated carbocycles. The molecule has 0 rings (SSSR count). The van der Waals surface area contributed by atoms with Gasteiger partial charge in [0.05, 0.1) is 19.8 Å². The molecule has 44 heavy (non-hydrogen) atoms. The molecule has 13 heteroatoms. The van der Waals surface area contributed by atoms with E-state index in [0.29, 0.717) is 6.42 Å².